The molecular weight excluding hydrogens is 272 g/mol. The molecule has 1 heterocycles. The van der Waals surface area contributed by atoms with Crippen LogP contribution >= 0.6 is 11.6 Å². The molecule has 0 aromatic carbocycles. The minimum atomic E-state index is -0.575. The van der Waals surface area contributed by atoms with Crippen LogP contribution in [0.1, 0.15) is 56.8 Å². The Morgan fingerprint density at radius 1 is 1.35 bits per heavy atom. The van der Waals surface area contributed by atoms with E-state index in [1.807, 2.05) is 11.7 Å². The third kappa shape index (κ3) is 2.75. The normalized spacial score (nSPS) is 30.7. The van der Waals surface area contributed by atoms with Crippen LogP contribution in [-0.2, 0) is 19.9 Å². The molecule has 2 aliphatic rings. The van der Waals surface area contributed by atoms with Crippen molar-refractivity contribution in [2.24, 2.45) is 18.9 Å². The maximum atomic E-state index is 11.0. The average Bonchev–Trinajstić information content (AvgIpc) is 3.22. The molecule has 0 amide bonds. The smallest absolute Gasteiger partial charge is 0.0850 e. The van der Waals surface area contributed by atoms with Crippen molar-refractivity contribution in [2.45, 2.75) is 63.9 Å². The van der Waals surface area contributed by atoms with E-state index in [0.29, 0.717) is 6.42 Å². The average molecular weight is 297 g/mol. The van der Waals surface area contributed by atoms with Crippen LogP contribution in [0, 0.1) is 11.8 Å². The van der Waals surface area contributed by atoms with Gasteiger partial charge in [-0.25, -0.2) is 0 Å². The molecule has 2 fully saturated rings. The molecule has 20 heavy (non-hydrogen) atoms. The van der Waals surface area contributed by atoms with E-state index in [0.717, 1.165) is 53.9 Å². The van der Waals surface area contributed by atoms with Crippen molar-refractivity contribution in [2.75, 3.05) is 0 Å². The van der Waals surface area contributed by atoms with Crippen LogP contribution in [0.3, 0.4) is 0 Å². The summed E-state index contributed by atoms with van der Waals surface area (Å²) in [6.07, 6.45) is 8.52. The zero-order valence-corrected chi connectivity index (χ0v) is 13.3. The first-order valence-electron chi connectivity index (χ1n) is 7.95. The summed E-state index contributed by atoms with van der Waals surface area (Å²) < 4.78 is 1.86. The number of aromatic nitrogens is 2. The van der Waals surface area contributed by atoms with Crippen LogP contribution in [0.25, 0.3) is 0 Å². The SMILES string of the molecule is CCc1nn(C)c(CC2(O)CCCC(C3CC3)C2)c1Cl. The van der Waals surface area contributed by atoms with Gasteiger partial charge in [-0.3, -0.25) is 4.68 Å². The third-order valence-corrected chi connectivity index (χ3v) is 5.58. The lowest BCUT2D eigenvalue weighted by molar-refractivity contribution is -0.0209. The minimum absolute atomic E-state index is 0.575. The second-order valence-electron chi connectivity index (χ2n) is 6.78. The van der Waals surface area contributed by atoms with Crippen molar-refractivity contribution in [1.82, 2.24) is 9.78 Å². The van der Waals surface area contributed by atoms with Crippen molar-refractivity contribution in [3.05, 3.63) is 16.4 Å². The van der Waals surface area contributed by atoms with Gasteiger partial charge < -0.3 is 5.11 Å². The molecule has 2 saturated carbocycles. The number of halogens is 1. The van der Waals surface area contributed by atoms with Crippen molar-refractivity contribution in [3.63, 3.8) is 0 Å². The quantitative estimate of drug-likeness (QED) is 0.923. The lowest BCUT2D eigenvalue weighted by Crippen LogP contribution is -2.38. The summed E-state index contributed by atoms with van der Waals surface area (Å²) in [5.74, 6) is 1.61. The Kier molecular flexibility index (Phi) is 3.85. The number of aryl methyl sites for hydroxylation is 2. The summed E-state index contributed by atoms with van der Waals surface area (Å²) in [5, 5.41) is 16.2. The van der Waals surface area contributed by atoms with Gasteiger partial charge in [0.2, 0.25) is 0 Å². The van der Waals surface area contributed by atoms with Crippen molar-refractivity contribution < 1.29 is 5.11 Å². The van der Waals surface area contributed by atoms with Gasteiger partial charge in [-0.2, -0.15) is 5.10 Å². The van der Waals surface area contributed by atoms with Crippen LogP contribution < -0.4 is 0 Å². The summed E-state index contributed by atoms with van der Waals surface area (Å²) in [7, 11) is 1.94. The van der Waals surface area contributed by atoms with E-state index in [4.69, 9.17) is 11.6 Å². The van der Waals surface area contributed by atoms with Gasteiger partial charge in [-0.1, -0.05) is 24.9 Å². The molecule has 1 aromatic heterocycles. The Hall–Kier alpha value is -0.540. The predicted octanol–water partition coefficient (Wildman–Crippen LogP) is 3.51. The zero-order chi connectivity index (χ0) is 14.3. The largest absolute Gasteiger partial charge is 0.389 e. The Morgan fingerprint density at radius 3 is 2.70 bits per heavy atom. The van der Waals surface area contributed by atoms with Gasteiger partial charge in [-0.15, -0.1) is 0 Å². The van der Waals surface area contributed by atoms with Gasteiger partial charge in [0.05, 0.1) is 22.0 Å². The highest BCUT2D eigenvalue weighted by molar-refractivity contribution is 6.31. The van der Waals surface area contributed by atoms with Gasteiger partial charge >= 0.3 is 0 Å². The summed E-state index contributed by atoms with van der Waals surface area (Å²) in [4.78, 5) is 0. The molecule has 2 unspecified atom stereocenters. The highest BCUT2D eigenvalue weighted by Gasteiger charge is 2.41. The molecule has 0 radical (unpaired) electrons. The Labute approximate surface area is 126 Å². The van der Waals surface area contributed by atoms with Crippen LogP contribution in [-0.4, -0.2) is 20.5 Å². The Bertz CT molecular complexity index is 495. The van der Waals surface area contributed by atoms with E-state index >= 15 is 0 Å². The first-order valence-corrected chi connectivity index (χ1v) is 8.33. The molecular formula is C16H25ClN2O. The summed E-state index contributed by atoms with van der Waals surface area (Å²) in [6.45, 7) is 2.07. The molecule has 0 saturated heterocycles. The number of aliphatic hydroxyl groups is 1. The van der Waals surface area contributed by atoms with Crippen LogP contribution in [0.4, 0.5) is 0 Å². The minimum Gasteiger partial charge on any atom is -0.389 e. The van der Waals surface area contributed by atoms with Gasteiger partial charge in [-0.05, 0) is 50.4 Å². The number of nitrogens with zero attached hydrogens (tertiary/aromatic N) is 2. The molecule has 2 atom stereocenters. The molecule has 3 rings (SSSR count). The van der Waals surface area contributed by atoms with Gasteiger partial charge in [0.1, 0.15) is 0 Å². The highest BCUT2D eigenvalue weighted by atomic mass is 35.5. The van der Waals surface area contributed by atoms with Gasteiger partial charge in [0.15, 0.2) is 0 Å². The van der Waals surface area contributed by atoms with Gasteiger partial charge in [0, 0.05) is 13.5 Å². The van der Waals surface area contributed by atoms with Crippen LogP contribution in [0.15, 0.2) is 0 Å². The van der Waals surface area contributed by atoms with Crippen molar-refractivity contribution in [1.29, 1.82) is 0 Å². The predicted molar refractivity (Wildman–Crippen MR) is 80.9 cm³/mol. The molecule has 2 aliphatic carbocycles. The maximum absolute atomic E-state index is 11.0. The van der Waals surface area contributed by atoms with E-state index < -0.39 is 5.60 Å². The summed E-state index contributed by atoms with van der Waals surface area (Å²) >= 11 is 6.43. The second kappa shape index (κ2) is 5.34. The van der Waals surface area contributed by atoms with Crippen molar-refractivity contribution in [3.8, 4) is 0 Å². The zero-order valence-electron chi connectivity index (χ0n) is 12.5. The fraction of sp³-hybridized carbons (Fsp3) is 0.812. The van der Waals surface area contributed by atoms with E-state index in [9.17, 15) is 5.11 Å². The molecule has 0 bridgehead atoms. The summed E-state index contributed by atoms with van der Waals surface area (Å²) in [5.41, 5.74) is 1.37. The van der Waals surface area contributed by atoms with E-state index in [1.54, 1.807) is 0 Å². The van der Waals surface area contributed by atoms with Crippen LogP contribution in [0.2, 0.25) is 5.02 Å². The fourth-order valence-electron chi connectivity index (χ4n) is 3.84. The van der Waals surface area contributed by atoms with E-state index in [2.05, 4.69) is 12.0 Å². The lowest BCUT2D eigenvalue weighted by atomic mass is 9.74. The topological polar surface area (TPSA) is 38.0 Å². The third-order valence-electron chi connectivity index (χ3n) is 5.15. The second-order valence-corrected chi connectivity index (χ2v) is 7.16. The first-order chi connectivity index (χ1) is 9.52. The fourth-order valence-corrected chi connectivity index (χ4v) is 4.20. The standard InChI is InChI=1S/C16H25ClN2O/c1-3-13-15(17)14(19(2)18-13)10-16(20)8-4-5-12(9-16)11-6-7-11/h11-12,20H,3-10H2,1-2H3. The van der Waals surface area contributed by atoms with Crippen molar-refractivity contribution >= 4 is 11.6 Å². The molecule has 3 nitrogen and oxygen atoms in total. The number of rotatable bonds is 4. The highest BCUT2D eigenvalue weighted by Crippen LogP contribution is 2.47. The Morgan fingerprint density at radius 2 is 2.10 bits per heavy atom. The summed E-state index contributed by atoms with van der Waals surface area (Å²) in [6, 6.07) is 0. The molecule has 1 aromatic rings. The van der Waals surface area contributed by atoms with Crippen LogP contribution in [0.5, 0.6) is 0 Å². The monoisotopic (exact) mass is 296 g/mol. The maximum Gasteiger partial charge on any atom is 0.0850 e. The molecule has 0 aliphatic heterocycles. The van der Waals surface area contributed by atoms with E-state index in [1.165, 1.54) is 19.3 Å². The molecule has 1 N–H and O–H groups in total. The number of hydrogen-bond acceptors (Lipinski definition) is 2. The lowest BCUT2D eigenvalue weighted by Gasteiger charge is -2.37. The van der Waals surface area contributed by atoms with E-state index in [-0.39, 0.29) is 0 Å². The number of hydrogen-bond donors (Lipinski definition) is 1. The molecule has 0 spiro atoms. The first kappa shape index (κ1) is 14.4. The molecule has 112 valence electrons. The van der Waals surface area contributed by atoms with Gasteiger partial charge in [0.25, 0.3) is 0 Å². The molecule has 4 heteroatoms. The Balaban J connectivity index is 1.77.